The Morgan fingerprint density at radius 2 is 1.64 bits per heavy atom. The Hall–Kier alpha value is -3.02. The minimum atomic E-state index is -1.13. The number of hydrogen-bond acceptors (Lipinski definition) is 4. The molecule has 2 N–H and O–H groups in total. The molecule has 25 heavy (non-hydrogen) atoms. The molecule has 2 aromatic rings. The number of carbonyl (C=O) groups excluding carboxylic acids is 2. The molecule has 0 aromatic heterocycles. The predicted molar refractivity (Wildman–Crippen MR) is 95.5 cm³/mol. The van der Waals surface area contributed by atoms with Gasteiger partial charge in [0.05, 0.1) is 7.11 Å². The molecule has 0 saturated carbocycles. The molecule has 2 aromatic carbocycles. The Morgan fingerprint density at radius 3 is 2.24 bits per heavy atom. The molecule has 6 heteroatoms. The molecule has 0 spiro atoms. The first-order chi connectivity index (χ1) is 11.9. The average Bonchev–Trinajstić information content (AvgIpc) is 2.61. The van der Waals surface area contributed by atoms with E-state index in [4.69, 9.17) is 9.47 Å². The fourth-order valence-corrected chi connectivity index (χ4v) is 2.03. The zero-order valence-electron chi connectivity index (χ0n) is 14.5. The van der Waals surface area contributed by atoms with Crippen LogP contribution in [0.4, 0.5) is 10.5 Å². The highest BCUT2D eigenvalue weighted by Gasteiger charge is 2.30. The van der Waals surface area contributed by atoms with Crippen LogP contribution in [-0.4, -0.2) is 24.6 Å². The van der Waals surface area contributed by atoms with E-state index in [1.807, 2.05) is 30.3 Å². The number of ether oxygens (including phenoxy) is 2. The fourth-order valence-electron chi connectivity index (χ4n) is 2.03. The number of carbonyl (C=O) groups is 2. The maximum atomic E-state index is 12.4. The van der Waals surface area contributed by atoms with Crippen molar-refractivity contribution in [3.05, 3.63) is 60.2 Å². The molecule has 0 aliphatic rings. The van der Waals surface area contributed by atoms with E-state index >= 15 is 0 Å². The van der Waals surface area contributed by atoms with E-state index < -0.39 is 11.6 Å². The highest BCUT2D eigenvalue weighted by Crippen LogP contribution is 2.16. The summed E-state index contributed by atoms with van der Waals surface area (Å²) < 4.78 is 10.2. The number of nitrogens with one attached hydrogen (secondary N) is 2. The molecule has 2 rings (SSSR count). The van der Waals surface area contributed by atoms with E-state index in [2.05, 4.69) is 10.6 Å². The first kappa shape index (κ1) is 18.3. The summed E-state index contributed by atoms with van der Waals surface area (Å²) in [4.78, 5) is 24.3. The van der Waals surface area contributed by atoms with Gasteiger partial charge in [-0.3, -0.25) is 4.79 Å². The maximum Gasteiger partial charge on any atom is 0.408 e. The summed E-state index contributed by atoms with van der Waals surface area (Å²) in [5.74, 6) is 0.342. The van der Waals surface area contributed by atoms with Gasteiger partial charge in [-0.1, -0.05) is 30.3 Å². The van der Waals surface area contributed by atoms with E-state index in [0.29, 0.717) is 11.4 Å². The summed E-state index contributed by atoms with van der Waals surface area (Å²) in [6.07, 6.45) is -0.654. The lowest BCUT2D eigenvalue weighted by atomic mass is 10.0. The monoisotopic (exact) mass is 342 g/mol. The van der Waals surface area contributed by atoms with Gasteiger partial charge in [-0.05, 0) is 43.7 Å². The molecule has 0 aliphatic carbocycles. The smallest absolute Gasteiger partial charge is 0.408 e. The predicted octanol–water partition coefficient (Wildman–Crippen LogP) is 3.34. The minimum Gasteiger partial charge on any atom is -0.497 e. The Bertz CT molecular complexity index is 712. The molecule has 0 radical (unpaired) electrons. The zero-order chi connectivity index (χ0) is 18.3. The van der Waals surface area contributed by atoms with Crippen LogP contribution in [0.1, 0.15) is 19.4 Å². The fraction of sp³-hybridized carbons (Fsp3) is 0.263. The van der Waals surface area contributed by atoms with E-state index in [-0.39, 0.29) is 12.5 Å². The lowest BCUT2D eigenvalue weighted by Gasteiger charge is -2.24. The molecule has 0 atom stereocenters. The van der Waals surface area contributed by atoms with Gasteiger partial charge in [-0.2, -0.15) is 0 Å². The molecule has 2 amide bonds. The molecule has 0 unspecified atom stereocenters. The number of hydrogen-bond donors (Lipinski definition) is 2. The van der Waals surface area contributed by atoms with Crippen molar-refractivity contribution in [2.45, 2.75) is 26.0 Å². The SMILES string of the molecule is COc1ccc(NC(=O)C(C)(C)NC(=O)OCc2ccccc2)cc1. The Balaban J connectivity index is 1.87. The standard InChI is InChI=1S/C19H22N2O4/c1-19(2,17(22)20-15-9-11-16(24-3)12-10-15)21-18(23)25-13-14-7-5-4-6-8-14/h4-12H,13H2,1-3H3,(H,20,22)(H,21,23). The van der Waals surface area contributed by atoms with Crippen LogP contribution in [-0.2, 0) is 16.1 Å². The van der Waals surface area contributed by atoms with Crippen LogP contribution in [0.3, 0.4) is 0 Å². The van der Waals surface area contributed by atoms with Gasteiger partial charge >= 0.3 is 6.09 Å². The maximum absolute atomic E-state index is 12.4. The van der Waals surface area contributed by atoms with Gasteiger partial charge < -0.3 is 20.1 Å². The van der Waals surface area contributed by atoms with Crippen molar-refractivity contribution in [3.8, 4) is 5.75 Å². The molecule has 0 bridgehead atoms. The van der Waals surface area contributed by atoms with Gasteiger partial charge in [-0.25, -0.2) is 4.79 Å². The van der Waals surface area contributed by atoms with Gasteiger partial charge in [0.25, 0.3) is 0 Å². The van der Waals surface area contributed by atoms with Gasteiger partial charge in [0.15, 0.2) is 0 Å². The van der Waals surface area contributed by atoms with Crippen molar-refractivity contribution >= 4 is 17.7 Å². The minimum absolute atomic E-state index is 0.142. The molecule has 132 valence electrons. The van der Waals surface area contributed by atoms with E-state index in [9.17, 15) is 9.59 Å². The first-order valence-electron chi connectivity index (χ1n) is 7.85. The van der Waals surface area contributed by atoms with Gasteiger partial charge in [0, 0.05) is 5.69 Å². The normalized spacial score (nSPS) is 10.7. The molecular formula is C19H22N2O4. The van der Waals surface area contributed by atoms with E-state index in [1.165, 1.54) is 0 Å². The summed E-state index contributed by atoms with van der Waals surface area (Å²) >= 11 is 0. The van der Waals surface area contributed by atoms with Crippen LogP contribution >= 0.6 is 0 Å². The van der Waals surface area contributed by atoms with Crippen molar-refractivity contribution in [2.75, 3.05) is 12.4 Å². The van der Waals surface area contributed by atoms with Crippen LogP contribution in [0, 0.1) is 0 Å². The summed E-state index contributed by atoms with van der Waals surface area (Å²) in [7, 11) is 1.57. The zero-order valence-corrected chi connectivity index (χ0v) is 14.5. The third-order valence-corrected chi connectivity index (χ3v) is 3.54. The Kier molecular flexibility index (Phi) is 6.00. The van der Waals surface area contributed by atoms with Crippen LogP contribution in [0.5, 0.6) is 5.75 Å². The summed E-state index contributed by atoms with van der Waals surface area (Å²) in [5, 5.41) is 5.32. The second-order valence-corrected chi connectivity index (χ2v) is 5.99. The number of amides is 2. The number of methoxy groups -OCH3 is 1. The number of rotatable bonds is 6. The van der Waals surface area contributed by atoms with Crippen molar-refractivity contribution in [3.63, 3.8) is 0 Å². The molecule has 0 saturated heterocycles. The van der Waals surface area contributed by atoms with Crippen molar-refractivity contribution in [1.29, 1.82) is 0 Å². The third kappa shape index (κ3) is 5.53. The second-order valence-electron chi connectivity index (χ2n) is 5.99. The van der Waals surface area contributed by atoms with Crippen LogP contribution in [0.2, 0.25) is 0 Å². The van der Waals surface area contributed by atoms with Gasteiger partial charge in [0.2, 0.25) is 5.91 Å². The quantitative estimate of drug-likeness (QED) is 0.844. The first-order valence-corrected chi connectivity index (χ1v) is 7.85. The lowest BCUT2D eigenvalue weighted by Crippen LogP contribution is -2.52. The van der Waals surface area contributed by atoms with Crippen LogP contribution < -0.4 is 15.4 Å². The Morgan fingerprint density at radius 1 is 1.00 bits per heavy atom. The molecule has 0 fully saturated rings. The second kappa shape index (κ2) is 8.19. The number of alkyl carbamates (subject to hydrolysis) is 1. The largest absolute Gasteiger partial charge is 0.497 e. The van der Waals surface area contributed by atoms with Gasteiger partial charge in [0.1, 0.15) is 17.9 Å². The van der Waals surface area contributed by atoms with Crippen molar-refractivity contribution in [1.82, 2.24) is 5.32 Å². The molecular weight excluding hydrogens is 320 g/mol. The molecule has 0 heterocycles. The highest BCUT2D eigenvalue weighted by molar-refractivity contribution is 5.99. The van der Waals surface area contributed by atoms with E-state index in [0.717, 1.165) is 5.56 Å². The number of anilines is 1. The van der Waals surface area contributed by atoms with Gasteiger partial charge in [-0.15, -0.1) is 0 Å². The van der Waals surface area contributed by atoms with Crippen LogP contribution in [0.15, 0.2) is 54.6 Å². The number of benzene rings is 2. The molecule has 0 aliphatic heterocycles. The Labute approximate surface area is 147 Å². The van der Waals surface area contributed by atoms with Crippen LogP contribution in [0.25, 0.3) is 0 Å². The third-order valence-electron chi connectivity index (χ3n) is 3.54. The average molecular weight is 342 g/mol. The highest BCUT2D eigenvalue weighted by atomic mass is 16.5. The van der Waals surface area contributed by atoms with E-state index in [1.54, 1.807) is 45.2 Å². The summed E-state index contributed by atoms with van der Waals surface area (Å²) in [6.45, 7) is 3.36. The summed E-state index contributed by atoms with van der Waals surface area (Å²) in [6, 6.07) is 16.3. The van der Waals surface area contributed by atoms with Crippen molar-refractivity contribution in [2.24, 2.45) is 0 Å². The summed E-state index contributed by atoms with van der Waals surface area (Å²) in [5.41, 5.74) is 0.352. The topological polar surface area (TPSA) is 76.7 Å². The van der Waals surface area contributed by atoms with Crippen molar-refractivity contribution < 1.29 is 19.1 Å². The lowest BCUT2D eigenvalue weighted by molar-refractivity contribution is -0.121. The molecule has 6 nitrogen and oxygen atoms in total.